The van der Waals surface area contributed by atoms with Crippen LogP contribution < -0.4 is 5.32 Å². The summed E-state index contributed by atoms with van der Waals surface area (Å²) in [5.74, 6) is 0. The Morgan fingerprint density at radius 3 is 2.28 bits per heavy atom. The van der Waals surface area contributed by atoms with Gasteiger partial charge in [0.25, 0.3) is 0 Å². The highest BCUT2D eigenvalue weighted by Gasteiger charge is 2.18. The van der Waals surface area contributed by atoms with Crippen LogP contribution in [-0.2, 0) is 0 Å². The lowest BCUT2D eigenvalue weighted by Gasteiger charge is -2.24. The van der Waals surface area contributed by atoms with E-state index in [0.29, 0.717) is 0 Å². The van der Waals surface area contributed by atoms with Crippen molar-refractivity contribution in [2.45, 2.75) is 54.5 Å². The van der Waals surface area contributed by atoms with E-state index in [4.69, 9.17) is 0 Å². The van der Waals surface area contributed by atoms with Gasteiger partial charge >= 0.3 is 0 Å². The van der Waals surface area contributed by atoms with Crippen LogP contribution in [0.5, 0.6) is 0 Å². The van der Waals surface area contributed by atoms with Gasteiger partial charge < -0.3 is 5.32 Å². The quantitative estimate of drug-likeness (QED) is 0.328. The number of allylic oxidation sites excluding steroid dienone is 8. The Labute approximate surface area is 154 Å². The van der Waals surface area contributed by atoms with E-state index in [1.165, 1.54) is 5.57 Å². The molecule has 1 N–H and O–H groups in total. The summed E-state index contributed by atoms with van der Waals surface area (Å²) < 4.78 is 0. The highest BCUT2D eigenvalue weighted by molar-refractivity contribution is 6.04. The Morgan fingerprint density at radius 1 is 1.16 bits per heavy atom. The Morgan fingerprint density at radius 2 is 1.80 bits per heavy atom. The van der Waals surface area contributed by atoms with Gasteiger partial charge in [-0.15, -0.1) is 0 Å². The minimum Gasteiger partial charge on any atom is -0.311 e. The maximum absolute atomic E-state index is 4.31. The Kier molecular flexibility index (Phi) is 10.6. The third-order valence-corrected chi connectivity index (χ3v) is 3.76. The fraction of sp³-hybridized carbons (Fsp3) is 0.455. The van der Waals surface area contributed by atoms with Gasteiger partial charge in [0, 0.05) is 12.8 Å². The van der Waals surface area contributed by atoms with E-state index >= 15 is 0 Å². The molecule has 3 nitrogen and oxygen atoms in total. The van der Waals surface area contributed by atoms with E-state index < -0.39 is 0 Å². The molecule has 0 fully saturated rings. The number of likely N-dealkylation sites (N-methyl/N-ethyl adjacent to an activating group) is 1. The summed E-state index contributed by atoms with van der Waals surface area (Å²) in [7, 11) is 0. The predicted octanol–water partition coefficient (Wildman–Crippen LogP) is 5.65. The SMILES string of the molecule is C=N/N=C(\C=C/C(C)NCC)/C=C/C(C(=C)C(C)(C)C)=C(C)\C=C/C. The molecule has 0 aromatic carbocycles. The van der Waals surface area contributed by atoms with E-state index in [2.05, 4.69) is 88.6 Å². The standard InChI is InChI=1S/C22H35N3/c1-10-12-17(3)21(19(5)22(6,7)8)16-15-20(25-23-9)14-13-18(4)24-11-2/h10,12-16,18,24H,5,9,11H2,1-4,6-8H3/b12-10-,14-13-,16-15+,21-17+,25-20+. The topological polar surface area (TPSA) is 36.8 Å². The van der Waals surface area contributed by atoms with Crippen LogP contribution in [-0.4, -0.2) is 25.0 Å². The van der Waals surface area contributed by atoms with Crippen LogP contribution in [0, 0.1) is 5.41 Å². The largest absolute Gasteiger partial charge is 0.311 e. The molecule has 0 aliphatic carbocycles. The fourth-order valence-corrected chi connectivity index (χ4v) is 2.22. The van der Waals surface area contributed by atoms with Gasteiger partial charge in [0.05, 0.1) is 5.71 Å². The molecule has 0 saturated heterocycles. The monoisotopic (exact) mass is 341 g/mol. The van der Waals surface area contributed by atoms with Crippen molar-refractivity contribution in [2.24, 2.45) is 15.6 Å². The van der Waals surface area contributed by atoms with Gasteiger partial charge in [0.1, 0.15) is 0 Å². The molecular weight excluding hydrogens is 306 g/mol. The molecule has 0 aliphatic rings. The first kappa shape index (κ1) is 23.0. The van der Waals surface area contributed by atoms with Crippen LogP contribution >= 0.6 is 0 Å². The molecule has 0 radical (unpaired) electrons. The second-order valence-electron chi connectivity index (χ2n) is 7.03. The molecule has 25 heavy (non-hydrogen) atoms. The zero-order chi connectivity index (χ0) is 19.5. The summed E-state index contributed by atoms with van der Waals surface area (Å²) in [6.07, 6.45) is 12.2. The first-order valence-electron chi connectivity index (χ1n) is 8.84. The van der Waals surface area contributed by atoms with E-state index in [0.717, 1.165) is 23.4 Å². The number of hydrogen-bond acceptors (Lipinski definition) is 3. The third-order valence-electron chi connectivity index (χ3n) is 3.76. The van der Waals surface area contributed by atoms with Crippen molar-refractivity contribution in [3.05, 3.63) is 59.8 Å². The highest BCUT2D eigenvalue weighted by atomic mass is 15.2. The molecule has 0 heterocycles. The number of nitrogens with one attached hydrogen (secondary N) is 1. The molecule has 3 heteroatoms. The van der Waals surface area contributed by atoms with E-state index in [1.54, 1.807) is 0 Å². The summed E-state index contributed by atoms with van der Waals surface area (Å²) in [5.41, 5.74) is 4.14. The fourth-order valence-electron chi connectivity index (χ4n) is 2.22. The zero-order valence-corrected chi connectivity index (χ0v) is 17.1. The zero-order valence-electron chi connectivity index (χ0n) is 17.1. The van der Waals surface area contributed by atoms with Crippen molar-refractivity contribution in [3.8, 4) is 0 Å². The first-order valence-corrected chi connectivity index (χ1v) is 8.84. The summed E-state index contributed by atoms with van der Waals surface area (Å²) >= 11 is 0. The van der Waals surface area contributed by atoms with Gasteiger partial charge in [-0.05, 0) is 61.6 Å². The molecule has 0 rings (SSSR count). The molecule has 1 atom stereocenters. The number of hydrogen-bond donors (Lipinski definition) is 1. The number of rotatable bonds is 9. The van der Waals surface area contributed by atoms with Gasteiger partial charge in [0.2, 0.25) is 0 Å². The second kappa shape index (κ2) is 11.5. The summed E-state index contributed by atoms with van der Waals surface area (Å²) in [6, 6.07) is 0.276. The molecule has 0 aromatic rings. The van der Waals surface area contributed by atoms with Crippen molar-refractivity contribution >= 4 is 12.4 Å². The van der Waals surface area contributed by atoms with Crippen molar-refractivity contribution in [1.82, 2.24) is 5.32 Å². The van der Waals surface area contributed by atoms with Gasteiger partial charge in [-0.1, -0.05) is 58.6 Å². The van der Waals surface area contributed by atoms with Crippen LogP contribution in [0.2, 0.25) is 0 Å². The van der Waals surface area contributed by atoms with Crippen LogP contribution in [0.4, 0.5) is 0 Å². The Bertz CT molecular complexity index is 593. The number of nitrogens with zero attached hydrogens (tertiary/aromatic N) is 2. The third kappa shape index (κ3) is 9.16. The summed E-state index contributed by atoms with van der Waals surface area (Å²) in [5, 5.41) is 11.1. The van der Waals surface area contributed by atoms with Gasteiger partial charge in [-0.25, -0.2) is 0 Å². The maximum atomic E-state index is 4.31. The second-order valence-corrected chi connectivity index (χ2v) is 7.03. The minimum atomic E-state index is -0.00803. The first-order chi connectivity index (χ1) is 11.7. The average molecular weight is 342 g/mol. The van der Waals surface area contributed by atoms with Crippen molar-refractivity contribution in [3.63, 3.8) is 0 Å². The predicted molar refractivity (Wildman–Crippen MR) is 115 cm³/mol. The molecular formula is C22H35N3. The van der Waals surface area contributed by atoms with E-state index in [1.807, 2.05) is 25.2 Å². The molecule has 0 spiro atoms. The summed E-state index contributed by atoms with van der Waals surface area (Å²) in [4.78, 5) is 0. The lowest BCUT2D eigenvalue weighted by Crippen LogP contribution is -2.23. The molecule has 0 aliphatic heterocycles. The van der Waals surface area contributed by atoms with Crippen LogP contribution in [0.3, 0.4) is 0 Å². The minimum absolute atomic E-state index is 0.00803. The lowest BCUT2D eigenvalue weighted by atomic mass is 9.81. The Balaban J connectivity index is 5.71. The molecule has 138 valence electrons. The van der Waals surface area contributed by atoms with Gasteiger partial charge in [-0.3, -0.25) is 0 Å². The van der Waals surface area contributed by atoms with E-state index in [9.17, 15) is 0 Å². The van der Waals surface area contributed by atoms with Crippen molar-refractivity contribution < 1.29 is 0 Å². The Hall–Kier alpha value is -2.00. The van der Waals surface area contributed by atoms with Crippen molar-refractivity contribution in [2.75, 3.05) is 6.54 Å². The smallest absolute Gasteiger partial charge is 0.0854 e. The van der Waals surface area contributed by atoms with Gasteiger partial charge in [-0.2, -0.15) is 10.2 Å². The normalized spacial score (nSPS) is 15.9. The highest BCUT2D eigenvalue weighted by Crippen LogP contribution is 2.32. The van der Waals surface area contributed by atoms with Gasteiger partial charge in [0.15, 0.2) is 0 Å². The summed E-state index contributed by atoms with van der Waals surface area (Å²) in [6.45, 7) is 23.5. The average Bonchev–Trinajstić information content (AvgIpc) is 2.52. The lowest BCUT2D eigenvalue weighted by molar-refractivity contribution is 0.514. The van der Waals surface area contributed by atoms with Crippen LogP contribution in [0.1, 0.15) is 48.5 Å². The molecule has 1 unspecified atom stereocenters. The maximum Gasteiger partial charge on any atom is 0.0854 e. The van der Waals surface area contributed by atoms with Crippen molar-refractivity contribution in [1.29, 1.82) is 0 Å². The molecule has 0 amide bonds. The molecule has 0 bridgehead atoms. The molecule has 0 aromatic heterocycles. The van der Waals surface area contributed by atoms with E-state index in [-0.39, 0.29) is 11.5 Å². The van der Waals surface area contributed by atoms with Crippen LogP contribution in [0.15, 0.2) is 70.0 Å². The molecule has 0 saturated carbocycles. The van der Waals surface area contributed by atoms with Crippen LogP contribution in [0.25, 0.3) is 0 Å².